The first-order valence-corrected chi connectivity index (χ1v) is 12.7. The van der Waals surface area contributed by atoms with Gasteiger partial charge in [0.2, 0.25) is 10.0 Å². The molecule has 1 heterocycles. The zero-order chi connectivity index (χ0) is 24.9. The minimum Gasteiger partial charge on any atom is -0.507 e. The molecule has 0 unspecified atom stereocenters. The molecule has 8 heteroatoms. The van der Waals surface area contributed by atoms with Crippen molar-refractivity contribution >= 4 is 27.3 Å². The predicted molar refractivity (Wildman–Crippen MR) is 132 cm³/mol. The summed E-state index contributed by atoms with van der Waals surface area (Å²) >= 11 is 0. The zero-order valence-corrected chi connectivity index (χ0v) is 21.1. The van der Waals surface area contributed by atoms with Crippen molar-refractivity contribution in [1.82, 2.24) is 4.90 Å². The van der Waals surface area contributed by atoms with E-state index < -0.39 is 10.0 Å². The molecule has 0 amide bonds. The molecule has 0 saturated heterocycles. The number of nitrogens with one attached hydrogen (secondary N) is 2. The van der Waals surface area contributed by atoms with Crippen LogP contribution in [0.15, 0.2) is 30.3 Å². The first-order chi connectivity index (χ1) is 15.0. The molecule has 0 aliphatic carbocycles. The third-order valence-corrected chi connectivity index (χ3v) is 6.33. The molecule has 2 aromatic rings. The Kier molecular flexibility index (Phi) is 6.13. The van der Waals surface area contributed by atoms with E-state index in [0.29, 0.717) is 23.4 Å². The van der Waals surface area contributed by atoms with E-state index >= 15 is 0 Å². The first-order valence-electron chi connectivity index (χ1n) is 10.8. The van der Waals surface area contributed by atoms with Crippen molar-refractivity contribution in [2.45, 2.75) is 58.9 Å². The van der Waals surface area contributed by atoms with Gasteiger partial charge in [0.05, 0.1) is 12.8 Å². The van der Waals surface area contributed by atoms with Crippen molar-refractivity contribution < 1.29 is 18.3 Å². The fourth-order valence-corrected chi connectivity index (χ4v) is 4.56. The molecule has 0 atom stereocenters. The monoisotopic (exact) mass is 471 g/mol. The maximum atomic E-state index is 13.3. The van der Waals surface area contributed by atoms with Crippen molar-refractivity contribution in [2.24, 2.45) is 0 Å². The number of hydrogen-bond donors (Lipinski definition) is 3. The topological polar surface area (TPSA) is 111 Å². The molecule has 0 bridgehead atoms. The predicted octanol–water partition coefficient (Wildman–Crippen LogP) is 4.38. The highest BCUT2D eigenvalue weighted by atomic mass is 32.2. The molecule has 7 nitrogen and oxygen atoms in total. The number of hydrogen-bond acceptors (Lipinski definition) is 5. The SMILES string of the molecule is CC(C)(C)c1cc(C(=O)CN2Cc3ccc(NS(C)(=O)=O)cc3C2=N)cc(C(C)(C)C)c1O. The first kappa shape index (κ1) is 24.8. The van der Waals surface area contributed by atoms with Gasteiger partial charge >= 0.3 is 0 Å². The molecule has 2 aromatic carbocycles. The van der Waals surface area contributed by atoms with E-state index in [-0.39, 0.29) is 34.7 Å². The molecule has 0 radical (unpaired) electrons. The lowest BCUT2D eigenvalue weighted by atomic mass is 9.78. The van der Waals surface area contributed by atoms with Gasteiger partial charge in [0, 0.05) is 34.5 Å². The van der Waals surface area contributed by atoms with Crippen LogP contribution >= 0.6 is 0 Å². The van der Waals surface area contributed by atoms with Crippen LogP contribution in [-0.4, -0.2) is 42.8 Å². The fraction of sp³-hybridized carbons (Fsp3) is 0.440. The van der Waals surface area contributed by atoms with Gasteiger partial charge in [0.25, 0.3) is 0 Å². The van der Waals surface area contributed by atoms with Gasteiger partial charge in [0.1, 0.15) is 11.6 Å². The summed E-state index contributed by atoms with van der Waals surface area (Å²) in [6.45, 7) is 12.4. The van der Waals surface area contributed by atoms with Gasteiger partial charge in [-0.2, -0.15) is 0 Å². The molecule has 1 aliphatic rings. The summed E-state index contributed by atoms with van der Waals surface area (Å²) in [6, 6.07) is 8.57. The second kappa shape index (κ2) is 8.17. The normalized spacial score (nSPS) is 14.4. The van der Waals surface area contributed by atoms with Crippen LogP contribution in [-0.2, 0) is 27.4 Å². The van der Waals surface area contributed by atoms with Gasteiger partial charge in [-0.1, -0.05) is 47.6 Å². The number of sulfonamides is 1. The highest BCUT2D eigenvalue weighted by Gasteiger charge is 2.30. The number of amidine groups is 1. The van der Waals surface area contributed by atoms with E-state index in [1.807, 2.05) is 41.5 Å². The Labute approximate surface area is 196 Å². The average molecular weight is 472 g/mol. The Morgan fingerprint density at radius 1 is 1.06 bits per heavy atom. The molecule has 3 rings (SSSR count). The highest BCUT2D eigenvalue weighted by molar-refractivity contribution is 7.92. The van der Waals surface area contributed by atoms with Gasteiger partial charge < -0.3 is 10.0 Å². The van der Waals surface area contributed by atoms with E-state index in [1.165, 1.54) is 0 Å². The molecule has 3 N–H and O–H groups in total. The molecule has 1 aliphatic heterocycles. The Morgan fingerprint density at radius 3 is 2.09 bits per heavy atom. The molecular weight excluding hydrogens is 438 g/mol. The Hall–Kier alpha value is -2.87. The standard InChI is InChI=1S/C25H33N3O4S/c1-24(2,3)19-10-16(11-20(22(19)30)25(4,5)6)21(29)14-28-13-15-8-9-17(27-33(7,31)32)12-18(15)23(28)26/h8-12,26-27,30H,13-14H2,1-7H3. The summed E-state index contributed by atoms with van der Waals surface area (Å²) in [5, 5.41) is 19.5. The quantitative estimate of drug-likeness (QED) is 0.561. The number of rotatable bonds is 5. The van der Waals surface area contributed by atoms with Crippen molar-refractivity contribution in [3.8, 4) is 5.75 Å². The van der Waals surface area contributed by atoms with Crippen LogP contribution in [0.1, 0.15) is 74.2 Å². The summed E-state index contributed by atoms with van der Waals surface area (Å²) < 4.78 is 25.5. The minimum absolute atomic E-state index is 0.0142. The number of Topliss-reactive ketones (excluding diaryl/α,β-unsaturated/α-hetero) is 1. The average Bonchev–Trinajstić information content (AvgIpc) is 2.94. The molecule has 0 spiro atoms. The highest BCUT2D eigenvalue weighted by Crippen LogP contribution is 2.40. The summed E-state index contributed by atoms with van der Waals surface area (Å²) in [6.07, 6.45) is 1.08. The van der Waals surface area contributed by atoms with Crippen LogP contribution in [0.3, 0.4) is 0 Å². The maximum absolute atomic E-state index is 13.3. The summed E-state index contributed by atoms with van der Waals surface area (Å²) in [4.78, 5) is 15.0. The number of phenolic OH excluding ortho intramolecular Hbond substituents is 1. The van der Waals surface area contributed by atoms with Gasteiger partial charge in [-0.15, -0.1) is 0 Å². The molecule has 0 fully saturated rings. The number of aromatic hydroxyl groups is 1. The number of benzene rings is 2. The van der Waals surface area contributed by atoms with Gasteiger partial charge in [-0.3, -0.25) is 14.9 Å². The zero-order valence-electron chi connectivity index (χ0n) is 20.3. The van der Waals surface area contributed by atoms with Crippen LogP contribution in [0.25, 0.3) is 0 Å². The van der Waals surface area contributed by atoms with E-state index in [0.717, 1.165) is 22.9 Å². The number of nitrogens with zero attached hydrogens (tertiary/aromatic N) is 1. The lowest BCUT2D eigenvalue weighted by Crippen LogP contribution is -2.30. The molecule has 33 heavy (non-hydrogen) atoms. The molecule has 0 aromatic heterocycles. The van der Waals surface area contributed by atoms with Gasteiger partial charge in [-0.05, 0) is 40.7 Å². The van der Waals surface area contributed by atoms with Gasteiger partial charge in [0.15, 0.2) is 5.78 Å². The van der Waals surface area contributed by atoms with E-state index in [1.54, 1.807) is 35.2 Å². The smallest absolute Gasteiger partial charge is 0.229 e. The van der Waals surface area contributed by atoms with E-state index in [2.05, 4.69) is 4.72 Å². The lowest BCUT2D eigenvalue weighted by Gasteiger charge is -2.28. The third kappa shape index (κ3) is 5.38. The minimum atomic E-state index is -3.43. The summed E-state index contributed by atoms with van der Waals surface area (Å²) in [7, 11) is -3.43. The van der Waals surface area contributed by atoms with Crippen LogP contribution in [0.5, 0.6) is 5.75 Å². The Bertz CT molecular complexity index is 1200. The Balaban J connectivity index is 1.90. The molecule has 178 valence electrons. The number of fused-ring (bicyclic) bond motifs is 1. The van der Waals surface area contributed by atoms with E-state index in [4.69, 9.17) is 5.41 Å². The maximum Gasteiger partial charge on any atom is 0.229 e. The number of anilines is 1. The van der Waals surface area contributed by atoms with Crippen LogP contribution in [0.2, 0.25) is 0 Å². The fourth-order valence-electron chi connectivity index (χ4n) is 4.01. The molecular formula is C25H33N3O4S. The van der Waals surface area contributed by atoms with Crippen molar-refractivity contribution in [3.05, 3.63) is 58.1 Å². The second-order valence-electron chi connectivity index (χ2n) is 10.8. The number of carbonyl (C=O) groups is 1. The number of phenols is 1. The lowest BCUT2D eigenvalue weighted by molar-refractivity contribution is 0.0962. The van der Waals surface area contributed by atoms with Gasteiger partial charge in [-0.25, -0.2) is 8.42 Å². The van der Waals surface area contributed by atoms with Crippen LogP contribution in [0, 0.1) is 5.41 Å². The number of carbonyl (C=O) groups excluding carboxylic acids is 1. The third-order valence-electron chi connectivity index (χ3n) is 5.73. The van der Waals surface area contributed by atoms with E-state index in [9.17, 15) is 18.3 Å². The number of ketones is 1. The van der Waals surface area contributed by atoms with Crippen LogP contribution < -0.4 is 4.72 Å². The Morgan fingerprint density at radius 2 is 1.61 bits per heavy atom. The van der Waals surface area contributed by atoms with Crippen molar-refractivity contribution in [3.63, 3.8) is 0 Å². The molecule has 0 saturated carbocycles. The second-order valence-corrected chi connectivity index (χ2v) is 12.5. The summed E-state index contributed by atoms with van der Waals surface area (Å²) in [5.74, 6) is 0.262. The van der Waals surface area contributed by atoms with Crippen molar-refractivity contribution in [1.29, 1.82) is 5.41 Å². The summed E-state index contributed by atoms with van der Waals surface area (Å²) in [5.41, 5.74) is 3.10. The van der Waals surface area contributed by atoms with Crippen LogP contribution in [0.4, 0.5) is 5.69 Å². The van der Waals surface area contributed by atoms with Crippen molar-refractivity contribution in [2.75, 3.05) is 17.5 Å². The largest absolute Gasteiger partial charge is 0.507 e.